The highest BCUT2D eigenvalue weighted by atomic mass is 35.5. The fourth-order valence-corrected chi connectivity index (χ4v) is 3.79. The number of amides is 1. The summed E-state index contributed by atoms with van der Waals surface area (Å²) < 4.78 is 11.7. The van der Waals surface area contributed by atoms with Crippen molar-refractivity contribution in [3.8, 4) is 5.88 Å². The van der Waals surface area contributed by atoms with Gasteiger partial charge in [0.15, 0.2) is 0 Å². The molecular formula is C20H27ClN2O3. The first kappa shape index (κ1) is 19.2. The van der Waals surface area contributed by atoms with E-state index in [1.54, 1.807) is 6.20 Å². The zero-order valence-electron chi connectivity index (χ0n) is 15.5. The van der Waals surface area contributed by atoms with E-state index in [0.29, 0.717) is 30.0 Å². The van der Waals surface area contributed by atoms with E-state index in [1.165, 1.54) is 18.9 Å². The van der Waals surface area contributed by atoms with Crippen LogP contribution in [0.4, 0.5) is 0 Å². The molecule has 142 valence electrons. The second-order valence-corrected chi connectivity index (χ2v) is 7.68. The maximum atomic E-state index is 11.0. The average molecular weight is 379 g/mol. The molecule has 1 aromatic rings. The normalized spacial score (nSPS) is 23.1. The van der Waals surface area contributed by atoms with Gasteiger partial charge in [-0.1, -0.05) is 17.7 Å². The lowest BCUT2D eigenvalue weighted by Crippen LogP contribution is -2.40. The van der Waals surface area contributed by atoms with Crippen molar-refractivity contribution in [3.05, 3.63) is 28.9 Å². The number of carbonyl (C=O) groups excluding carboxylic acids is 1. The molecule has 2 aliphatic rings. The molecule has 0 spiro atoms. The average Bonchev–Trinajstić information content (AvgIpc) is 3.07. The Bertz CT molecular complexity index is 671. The molecule has 1 aromatic heterocycles. The maximum absolute atomic E-state index is 11.0. The molecule has 3 rings (SSSR count). The zero-order chi connectivity index (χ0) is 18.5. The molecule has 0 unspecified atom stereocenters. The lowest BCUT2D eigenvalue weighted by Gasteiger charge is -2.35. The van der Waals surface area contributed by atoms with Gasteiger partial charge < -0.3 is 14.8 Å². The number of carbonyl (C=O) groups is 1. The van der Waals surface area contributed by atoms with Crippen LogP contribution >= 0.6 is 11.6 Å². The first-order valence-electron chi connectivity index (χ1n) is 9.38. The summed E-state index contributed by atoms with van der Waals surface area (Å²) >= 11 is 6.50. The highest BCUT2D eigenvalue weighted by Gasteiger charge is 2.31. The number of halogens is 1. The van der Waals surface area contributed by atoms with Crippen molar-refractivity contribution < 1.29 is 14.3 Å². The molecule has 1 saturated carbocycles. The summed E-state index contributed by atoms with van der Waals surface area (Å²) in [4.78, 5) is 15.3. The number of hydrogen-bond acceptors (Lipinski definition) is 4. The van der Waals surface area contributed by atoms with Gasteiger partial charge in [0.1, 0.15) is 5.02 Å². The fraction of sp³-hybridized carbons (Fsp3) is 0.600. The third-order valence-electron chi connectivity index (χ3n) is 4.92. The van der Waals surface area contributed by atoms with Gasteiger partial charge in [-0.25, -0.2) is 4.98 Å². The number of nitrogens with one attached hydrogen (secondary N) is 1. The van der Waals surface area contributed by atoms with E-state index in [9.17, 15) is 4.79 Å². The van der Waals surface area contributed by atoms with Gasteiger partial charge in [0.2, 0.25) is 11.8 Å². The van der Waals surface area contributed by atoms with Crippen molar-refractivity contribution in [3.63, 3.8) is 0 Å². The standard InChI is InChI=1S/C20H27ClN2O3/c1-13(23-14(2)24)11-25-17-9-15(10-17)12-26-20-19(21)18(7-8-22-20)16-5-3-4-6-16/h5,7-8,13,15,17H,3-4,6,9-12H2,1-2H3,(H,23,24)/t13-,15-,17-/m0/s1. The van der Waals surface area contributed by atoms with Crippen LogP contribution in [0.5, 0.6) is 5.88 Å². The molecule has 5 nitrogen and oxygen atoms in total. The Balaban J connectivity index is 1.41. The van der Waals surface area contributed by atoms with E-state index >= 15 is 0 Å². The molecule has 0 saturated heterocycles. The Morgan fingerprint density at radius 1 is 1.46 bits per heavy atom. The topological polar surface area (TPSA) is 60.5 Å². The Hall–Kier alpha value is -1.59. The van der Waals surface area contributed by atoms with Gasteiger partial charge >= 0.3 is 0 Å². The minimum absolute atomic E-state index is 0.0269. The van der Waals surface area contributed by atoms with Crippen molar-refractivity contribution >= 4 is 23.1 Å². The Morgan fingerprint density at radius 3 is 2.96 bits per heavy atom. The molecule has 0 aromatic carbocycles. The van der Waals surface area contributed by atoms with Gasteiger partial charge in [0, 0.05) is 24.7 Å². The molecule has 0 bridgehead atoms. The van der Waals surface area contributed by atoms with Crippen molar-refractivity contribution in [1.29, 1.82) is 0 Å². The smallest absolute Gasteiger partial charge is 0.233 e. The molecule has 1 amide bonds. The summed E-state index contributed by atoms with van der Waals surface area (Å²) in [6.45, 7) is 4.62. The molecule has 1 N–H and O–H groups in total. The largest absolute Gasteiger partial charge is 0.476 e. The highest BCUT2D eigenvalue weighted by molar-refractivity contribution is 6.33. The summed E-state index contributed by atoms with van der Waals surface area (Å²) in [5.74, 6) is 0.963. The van der Waals surface area contributed by atoms with E-state index in [0.717, 1.165) is 31.2 Å². The molecule has 1 atom stereocenters. The van der Waals surface area contributed by atoms with E-state index in [1.807, 2.05) is 13.0 Å². The van der Waals surface area contributed by atoms with Crippen LogP contribution in [0.2, 0.25) is 5.02 Å². The predicted octanol–water partition coefficient (Wildman–Crippen LogP) is 4.00. The lowest BCUT2D eigenvalue weighted by molar-refractivity contribution is -0.120. The maximum Gasteiger partial charge on any atom is 0.233 e. The molecule has 2 aliphatic carbocycles. The minimum atomic E-state index is -0.0269. The van der Waals surface area contributed by atoms with Gasteiger partial charge in [-0.15, -0.1) is 0 Å². The van der Waals surface area contributed by atoms with Crippen LogP contribution < -0.4 is 10.1 Å². The van der Waals surface area contributed by atoms with Crippen molar-refractivity contribution in [1.82, 2.24) is 10.3 Å². The van der Waals surface area contributed by atoms with E-state index in [2.05, 4.69) is 16.4 Å². The van der Waals surface area contributed by atoms with Crippen molar-refractivity contribution in [2.75, 3.05) is 13.2 Å². The summed E-state index contributed by atoms with van der Waals surface area (Å²) in [5.41, 5.74) is 2.35. The van der Waals surface area contributed by atoms with Gasteiger partial charge in [-0.2, -0.15) is 0 Å². The Kier molecular flexibility index (Phi) is 6.54. The third kappa shape index (κ3) is 4.98. The highest BCUT2D eigenvalue weighted by Crippen LogP contribution is 2.37. The van der Waals surface area contributed by atoms with Gasteiger partial charge in [0.05, 0.1) is 19.3 Å². The van der Waals surface area contributed by atoms with Gasteiger partial charge in [0.25, 0.3) is 0 Å². The SMILES string of the molecule is CC(=O)N[C@@H](C)CO[C@H]1C[C@H](COc2nccc(C3=CCCC3)c2Cl)C1. The number of nitrogens with zero attached hydrogens (tertiary/aromatic N) is 1. The summed E-state index contributed by atoms with van der Waals surface area (Å²) in [6, 6.07) is 2.01. The molecule has 1 heterocycles. The Morgan fingerprint density at radius 2 is 2.27 bits per heavy atom. The van der Waals surface area contributed by atoms with Crippen LogP contribution in [-0.2, 0) is 9.53 Å². The Labute approximate surface area is 160 Å². The van der Waals surface area contributed by atoms with Crippen LogP contribution in [0.3, 0.4) is 0 Å². The van der Waals surface area contributed by atoms with E-state index in [4.69, 9.17) is 21.1 Å². The predicted molar refractivity (Wildman–Crippen MR) is 102 cm³/mol. The molecule has 26 heavy (non-hydrogen) atoms. The lowest BCUT2D eigenvalue weighted by atomic mass is 9.83. The molecule has 1 fully saturated rings. The zero-order valence-corrected chi connectivity index (χ0v) is 16.2. The number of rotatable bonds is 8. The number of ether oxygens (including phenoxy) is 2. The monoisotopic (exact) mass is 378 g/mol. The van der Waals surface area contributed by atoms with Crippen LogP contribution in [0.1, 0.15) is 51.5 Å². The summed E-state index contributed by atoms with van der Waals surface area (Å²) in [6.07, 6.45) is 9.58. The van der Waals surface area contributed by atoms with Crippen LogP contribution in [-0.4, -0.2) is 36.3 Å². The third-order valence-corrected chi connectivity index (χ3v) is 5.29. The van der Waals surface area contributed by atoms with E-state index < -0.39 is 0 Å². The molecule has 0 aliphatic heterocycles. The second-order valence-electron chi connectivity index (χ2n) is 7.30. The van der Waals surface area contributed by atoms with Crippen LogP contribution in [0.25, 0.3) is 5.57 Å². The summed E-state index contributed by atoms with van der Waals surface area (Å²) in [5, 5.41) is 3.44. The summed E-state index contributed by atoms with van der Waals surface area (Å²) in [7, 11) is 0. The van der Waals surface area contributed by atoms with Gasteiger partial charge in [-0.3, -0.25) is 4.79 Å². The van der Waals surface area contributed by atoms with Crippen molar-refractivity contribution in [2.24, 2.45) is 5.92 Å². The number of hydrogen-bond donors (Lipinski definition) is 1. The van der Waals surface area contributed by atoms with Gasteiger partial charge in [-0.05, 0) is 56.6 Å². The second kappa shape index (κ2) is 8.87. The van der Waals surface area contributed by atoms with E-state index in [-0.39, 0.29) is 18.1 Å². The fourth-order valence-electron chi connectivity index (χ4n) is 3.50. The van der Waals surface area contributed by atoms with Crippen LogP contribution in [0.15, 0.2) is 18.3 Å². The number of pyridine rings is 1. The van der Waals surface area contributed by atoms with Crippen molar-refractivity contribution in [2.45, 2.75) is 58.1 Å². The van der Waals surface area contributed by atoms with Crippen LogP contribution in [0, 0.1) is 5.92 Å². The first-order valence-corrected chi connectivity index (χ1v) is 9.76. The first-order chi connectivity index (χ1) is 12.5. The minimum Gasteiger partial charge on any atom is -0.476 e. The number of allylic oxidation sites excluding steroid dienone is 2. The quantitative estimate of drug-likeness (QED) is 0.742. The molecule has 6 heteroatoms. The molecule has 0 radical (unpaired) electrons. The number of aromatic nitrogens is 1. The molecular weight excluding hydrogens is 352 g/mol.